The standard InChI is InChI=1S/C18H16N2O4/c1-20-15-8-3-2-7-14(15)18(19-10-16(20)21)12-5-4-6-13(9-12)24-11-17(22)23/h2-9H,10-11H2,1H3,(H,22,23). The van der Waals surface area contributed by atoms with Crippen molar-refractivity contribution in [3.63, 3.8) is 0 Å². The SMILES string of the molecule is CN1C(=O)CN=C(c2cccc(OCC(=O)O)c2)c2ccccc21. The number of likely N-dealkylation sites (N-methyl/N-ethyl adjacent to an activating group) is 1. The highest BCUT2D eigenvalue weighted by atomic mass is 16.5. The molecule has 0 spiro atoms. The molecule has 0 unspecified atom stereocenters. The second-order valence-electron chi connectivity index (χ2n) is 5.34. The van der Waals surface area contributed by atoms with Crippen LogP contribution in [0.3, 0.4) is 0 Å². The van der Waals surface area contributed by atoms with Gasteiger partial charge in [0.05, 0.1) is 11.4 Å². The van der Waals surface area contributed by atoms with Crippen LogP contribution in [0.5, 0.6) is 5.75 Å². The van der Waals surface area contributed by atoms with Gasteiger partial charge in [0.1, 0.15) is 12.3 Å². The van der Waals surface area contributed by atoms with Gasteiger partial charge >= 0.3 is 5.97 Å². The minimum Gasteiger partial charge on any atom is -0.482 e. The van der Waals surface area contributed by atoms with E-state index in [4.69, 9.17) is 9.84 Å². The Morgan fingerprint density at radius 3 is 2.83 bits per heavy atom. The molecule has 0 aliphatic carbocycles. The van der Waals surface area contributed by atoms with Crippen LogP contribution in [0.2, 0.25) is 0 Å². The fourth-order valence-corrected chi connectivity index (χ4v) is 2.56. The van der Waals surface area contributed by atoms with Gasteiger partial charge in [0.2, 0.25) is 5.91 Å². The Labute approximate surface area is 139 Å². The summed E-state index contributed by atoms with van der Waals surface area (Å²) in [6, 6.07) is 14.6. The number of carboxylic acids is 1. The molecule has 0 radical (unpaired) electrons. The molecule has 0 saturated carbocycles. The number of para-hydroxylation sites is 1. The molecule has 0 saturated heterocycles. The molecule has 0 atom stereocenters. The van der Waals surface area contributed by atoms with E-state index in [0.29, 0.717) is 11.5 Å². The van der Waals surface area contributed by atoms with Gasteiger partial charge in [0, 0.05) is 18.2 Å². The van der Waals surface area contributed by atoms with E-state index in [0.717, 1.165) is 16.8 Å². The van der Waals surface area contributed by atoms with Crippen LogP contribution < -0.4 is 9.64 Å². The maximum atomic E-state index is 12.1. The number of carbonyl (C=O) groups is 2. The zero-order chi connectivity index (χ0) is 17.1. The third kappa shape index (κ3) is 3.12. The number of fused-ring (bicyclic) bond motifs is 1. The lowest BCUT2D eigenvalue weighted by Gasteiger charge is -2.17. The number of carbonyl (C=O) groups excluding carboxylic acids is 1. The first-order valence-corrected chi connectivity index (χ1v) is 7.41. The summed E-state index contributed by atoms with van der Waals surface area (Å²) >= 11 is 0. The van der Waals surface area contributed by atoms with Gasteiger partial charge in [-0.1, -0.05) is 30.3 Å². The van der Waals surface area contributed by atoms with Crippen molar-refractivity contribution in [2.24, 2.45) is 4.99 Å². The van der Waals surface area contributed by atoms with Crippen LogP contribution in [-0.2, 0) is 9.59 Å². The third-order valence-electron chi connectivity index (χ3n) is 3.74. The number of ether oxygens (including phenoxy) is 1. The van der Waals surface area contributed by atoms with E-state index in [1.807, 2.05) is 30.3 Å². The van der Waals surface area contributed by atoms with E-state index in [1.165, 1.54) is 0 Å². The first-order chi connectivity index (χ1) is 11.6. The second-order valence-corrected chi connectivity index (χ2v) is 5.34. The summed E-state index contributed by atoms with van der Waals surface area (Å²) in [6.07, 6.45) is 0. The number of benzene rings is 2. The number of amides is 1. The van der Waals surface area contributed by atoms with Crippen LogP contribution in [0.4, 0.5) is 5.69 Å². The zero-order valence-electron chi connectivity index (χ0n) is 13.1. The van der Waals surface area contributed by atoms with Gasteiger partial charge in [-0.3, -0.25) is 9.79 Å². The lowest BCUT2D eigenvalue weighted by atomic mass is 10.00. The zero-order valence-corrected chi connectivity index (χ0v) is 13.1. The van der Waals surface area contributed by atoms with Gasteiger partial charge < -0.3 is 14.7 Å². The van der Waals surface area contributed by atoms with Gasteiger partial charge in [-0.25, -0.2) is 4.79 Å². The summed E-state index contributed by atoms with van der Waals surface area (Å²) in [5.41, 5.74) is 3.09. The van der Waals surface area contributed by atoms with Crippen molar-refractivity contribution < 1.29 is 19.4 Å². The molecule has 1 aliphatic rings. The number of benzodiazepines with no additional fused rings is 1. The highest BCUT2D eigenvalue weighted by Crippen LogP contribution is 2.27. The predicted molar refractivity (Wildman–Crippen MR) is 89.9 cm³/mol. The van der Waals surface area contributed by atoms with Crippen molar-refractivity contribution >= 4 is 23.3 Å². The number of rotatable bonds is 4. The molecule has 3 rings (SSSR count). The maximum absolute atomic E-state index is 12.1. The van der Waals surface area contributed by atoms with Crippen molar-refractivity contribution in [2.45, 2.75) is 0 Å². The molecule has 2 aromatic carbocycles. The molecule has 6 nitrogen and oxygen atoms in total. The first-order valence-electron chi connectivity index (χ1n) is 7.41. The Hall–Kier alpha value is -3.15. The van der Waals surface area contributed by atoms with Crippen molar-refractivity contribution in [1.29, 1.82) is 0 Å². The topological polar surface area (TPSA) is 79.2 Å². The quantitative estimate of drug-likeness (QED) is 0.932. The Morgan fingerprint density at radius 1 is 1.25 bits per heavy atom. The minimum absolute atomic E-state index is 0.0563. The Balaban J connectivity index is 2.02. The molecule has 1 amide bonds. The summed E-state index contributed by atoms with van der Waals surface area (Å²) in [6.45, 7) is -0.353. The largest absolute Gasteiger partial charge is 0.482 e. The molecule has 0 aromatic heterocycles. The third-order valence-corrected chi connectivity index (χ3v) is 3.74. The number of hydrogen-bond donors (Lipinski definition) is 1. The molecule has 122 valence electrons. The molecule has 1 aliphatic heterocycles. The molecule has 1 heterocycles. The summed E-state index contributed by atoms with van der Waals surface area (Å²) in [5.74, 6) is -0.681. The number of hydrogen-bond acceptors (Lipinski definition) is 4. The Kier molecular flexibility index (Phi) is 4.29. The summed E-state index contributed by atoms with van der Waals surface area (Å²) in [5, 5.41) is 8.73. The van der Waals surface area contributed by atoms with E-state index < -0.39 is 12.6 Å². The molecule has 0 bridgehead atoms. The average Bonchev–Trinajstić information content (AvgIpc) is 2.71. The summed E-state index contributed by atoms with van der Waals surface area (Å²) in [4.78, 5) is 28.8. The van der Waals surface area contributed by atoms with E-state index in [1.54, 1.807) is 30.1 Å². The van der Waals surface area contributed by atoms with Gasteiger partial charge in [-0.2, -0.15) is 0 Å². The molecule has 0 fully saturated rings. The fraction of sp³-hybridized carbons (Fsp3) is 0.167. The maximum Gasteiger partial charge on any atom is 0.341 e. The van der Waals surface area contributed by atoms with Crippen LogP contribution >= 0.6 is 0 Å². The van der Waals surface area contributed by atoms with Gasteiger partial charge in [-0.05, 0) is 18.2 Å². The number of anilines is 1. The normalized spacial score (nSPS) is 13.8. The van der Waals surface area contributed by atoms with E-state index in [2.05, 4.69) is 4.99 Å². The van der Waals surface area contributed by atoms with Crippen molar-refractivity contribution in [3.8, 4) is 5.75 Å². The first kappa shape index (κ1) is 15.7. The highest BCUT2D eigenvalue weighted by Gasteiger charge is 2.22. The van der Waals surface area contributed by atoms with E-state index in [9.17, 15) is 9.59 Å². The van der Waals surface area contributed by atoms with Crippen LogP contribution in [0.1, 0.15) is 11.1 Å². The van der Waals surface area contributed by atoms with Crippen LogP contribution in [0.25, 0.3) is 0 Å². The predicted octanol–water partition coefficient (Wildman–Crippen LogP) is 1.96. The monoisotopic (exact) mass is 324 g/mol. The molecule has 24 heavy (non-hydrogen) atoms. The summed E-state index contributed by atoms with van der Waals surface area (Å²) < 4.78 is 5.23. The van der Waals surface area contributed by atoms with Crippen molar-refractivity contribution in [3.05, 3.63) is 59.7 Å². The van der Waals surface area contributed by atoms with Crippen LogP contribution in [0, 0.1) is 0 Å². The Bertz CT molecular complexity index is 829. The van der Waals surface area contributed by atoms with Crippen LogP contribution in [-0.4, -0.2) is 42.9 Å². The smallest absolute Gasteiger partial charge is 0.341 e. The lowest BCUT2D eigenvalue weighted by molar-refractivity contribution is -0.139. The minimum atomic E-state index is -1.04. The number of carboxylic acid groups (broad SMARTS) is 1. The van der Waals surface area contributed by atoms with E-state index >= 15 is 0 Å². The summed E-state index contributed by atoms with van der Waals surface area (Å²) in [7, 11) is 1.73. The molecule has 2 aromatic rings. The average molecular weight is 324 g/mol. The Morgan fingerprint density at radius 2 is 2.04 bits per heavy atom. The van der Waals surface area contributed by atoms with Gasteiger partial charge in [0.15, 0.2) is 6.61 Å². The van der Waals surface area contributed by atoms with Crippen LogP contribution in [0.15, 0.2) is 53.5 Å². The van der Waals surface area contributed by atoms with E-state index in [-0.39, 0.29) is 12.5 Å². The number of aliphatic imine (C=N–C) groups is 1. The number of aliphatic carboxylic acids is 1. The second kappa shape index (κ2) is 6.54. The molecular weight excluding hydrogens is 308 g/mol. The lowest BCUT2D eigenvalue weighted by Crippen LogP contribution is -2.27. The molecule has 1 N–H and O–H groups in total. The number of nitrogens with zero attached hydrogens (tertiary/aromatic N) is 2. The molecular formula is C18H16N2O4. The fourth-order valence-electron chi connectivity index (χ4n) is 2.56. The van der Waals surface area contributed by atoms with Crippen molar-refractivity contribution in [1.82, 2.24) is 0 Å². The van der Waals surface area contributed by atoms with Gasteiger partial charge in [-0.15, -0.1) is 0 Å². The van der Waals surface area contributed by atoms with Gasteiger partial charge in [0.25, 0.3) is 0 Å². The molecule has 6 heteroatoms. The highest BCUT2D eigenvalue weighted by molar-refractivity contribution is 6.19. The van der Waals surface area contributed by atoms with Crippen molar-refractivity contribution in [2.75, 3.05) is 25.1 Å².